The molecule has 0 aliphatic carbocycles. The molecule has 1 N–H and O–H groups in total. The third-order valence-electron chi connectivity index (χ3n) is 5.36. The van der Waals surface area contributed by atoms with Crippen molar-refractivity contribution >= 4 is 11.6 Å². The number of nitrogens with zero attached hydrogens (tertiary/aromatic N) is 3. The van der Waals surface area contributed by atoms with Crippen LogP contribution in [0.2, 0.25) is 5.02 Å². The molecule has 3 aromatic rings. The highest BCUT2D eigenvalue weighted by atomic mass is 35.5. The molecule has 1 fully saturated rings. The van der Waals surface area contributed by atoms with Gasteiger partial charge in [-0.2, -0.15) is 0 Å². The minimum atomic E-state index is -1.11. The van der Waals surface area contributed by atoms with E-state index in [1.807, 2.05) is 54.2 Å². The molecule has 4 rings (SSSR count). The van der Waals surface area contributed by atoms with Gasteiger partial charge in [0.05, 0.1) is 13.2 Å². The van der Waals surface area contributed by atoms with Gasteiger partial charge >= 0.3 is 0 Å². The van der Waals surface area contributed by atoms with Crippen LogP contribution < -0.4 is 9.47 Å². The second kappa shape index (κ2) is 10.4. The summed E-state index contributed by atoms with van der Waals surface area (Å²) in [6.45, 7) is 3.22. The zero-order valence-corrected chi connectivity index (χ0v) is 18.9. The maximum atomic E-state index is 11.1. The third-order valence-corrected chi connectivity index (χ3v) is 5.60. The quantitative estimate of drug-likeness (QED) is 0.559. The van der Waals surface area contributed by atoms with E-state index in [2.05, 4.69) is 9.88 Å². The molecule has 1 aliphatic heterocycles. The molecule has 0 radical (unpaired) electrons. The number of β-amino-alcohol motifs (C(OH)–C–C–N with tert-alkyl or cyclic N) is 1. The van der Waals surface area contributed by atoms with Gasteiger partial charge in [0.1, 0.15) is 36.1 Å². The summed E-state index contributed by atoms with van der Waals surface area (Å²) >= 11 is 6.02. The molecule has 1 saturated heterocycles. The van der Waals surface area contributed by atoms with Gasteiger partial charge < -0.3 is 23.9 Å². The number of ether oxygens (including phenoxy) is 3. The van der Waals surface area contributed by atoms with E-state index in [1.54, 1.807) is 18.3 Å². The third kappa shape index (κ3) is 6.23. The zero-order valence-electron chi connectivity index (χ0n) is 18.1. The van der Waals surface area contributed by atoms with Crippen molar-refractivity contribution in [3.63, 3.8) is 0 Å². The first-order valence-corrected chi connectivity index (χ1v) is 11.0. The molecule has 0 saturated carbocycles. The van der Waals surface area contributed by atoms with Gasteiger partial charge in [-0.3, -0.25) is 4.90 Å². The Bertz CT molecular complexity index is 1010. The second-order valence-electron chi connectivity index (χ2n) is 8.12. The number of aryl methyl sites for hydroxylation is 1. The molecule has 2 aromatic carbocycles. The average Bonchev–Trinajstić information content (AvgIpc) is 3.10. The summed E-state index contributed by atoms with van der Waals surface area (Å²) < 4.78 is 19.2. The normalized spacial score (nSPS) is 19.5. The molecular formula is C24H28ClN3O4. The smallest absolute Gasteiger partial charge is 0.146 e. The monoisotopic (exact) mass is 457 g/mol. The summed E-state index contributed by atoms with van der Waals surface area (Å²) in [6, 6.07) is 15.2. The van der Waals surface area contributed by atoms with E-state index in [9.17, 15) is 5.11 Å². The van der Waals surface area contributed by atoms with Crippen LogP contribution in [0.25, 0.3) is 0 Å². The number of hydrogen-bond acceptors (Lipinski definition) is 6. The zero-order chi connectivity index (χ0) is 22.4. The van der Waals surface area contributed by atoms with E-state index in [0.29, 0.717) is 37.1 Å². The van der Waals surface area contributed by atoms with Crippen molar-refractivity contribution in [3.8, 4) is 11.5 Å². The lowest BCUT2D eigenvalue weighted by Crippen LogP contribution is -2.48. The molecule has 0 bridgehead atoms. The highest BCUT2D eigenvalue weighted by molar-refractivity contribution is 6.30. The van der Waals surface area contributed by atoms with Crippen molar-refractivity contribution in [1.82, 2.24) is 14.5 Å². The topological polar surface area (TPSA) is 69.0 Å². The van der Waals surface area contributed by atoms with Crippen LogP contribution in [0.15, 0.2) is 60.9 Å². The van der Waals surface area contributed by atoms with E-state index in [0.717, 1.165) is 23.7 Å². The fraction of sp³-hybridized carbons (Fsp3) is 0.375. The Morgan fingerprint density at radius 2 is 2.00 bits per heavy atom. The van der Waals surface area contributed by atoms with Gasteiger partial charge in [0.2, 0.25) is 0 Å². The molecule has 1 atom stereocenters. The van der Waals surface area contributed by atoms with Crippen molar-refractivity contribution < 1.29 is 19.3 Å². The minimum Gasteiger partial charge on any atom is -0.490 e. The first-order valence-electron chi connectivity index (χ1n) is 10.6. The lowest BCUT2D eigenvalue weighted by atomic mass is 10.1. The fourth-order valence-electron chi connectivity index (χ4n) is 3.63. The molecule has 170 valence electrons. The van der Waals surface area contributed by atoms with Crippen LogP contribution in [0.3, 0.4) is 0 Å². The maximum Gasteiger partial charge on any atom is 0.146 e. The Balaban J connectivity index is 1.32. The maximum absolute atomic E-state index is 11.1. The van der Waals surface area contributed by atoms with Gasteiger partial charge in [-0.25, -0.2) is 4.98 Å². The Labute approximate surface area is 193 Å². The Morgan fingerprint density at radius 1 is 1.16 bits per heavy atom. The highest BCUT2D eigenvalue weighted by Gasteiger charge is 2.33. The number of imidazole rings is 1. The van der Waals surface area contributed by atoms with Crippen molar-refractivity contribution in [2.45, 2.75) is 18.8 Å². The second-order valence-corrected chi connectivity index (χ2v) is 8.56. The van der Waals surface area contributed by atoms with Crippen LogP contribution in [0.4, 0.5) is 0 Å². The Kier molecular flexibility index (Phi) is 7.32. The molecule has 32 heavy (non-hydrogen) atoms. The van der Waals surface area contributed by atoms with E-state index in [4.69, 9.17) is 25.8 Å². The lowest BCUT2D eigenvalue weighted by molar-refractivity contribution is -0.0646. The first kappa shape index (κ1) is 22.6. The van der Waals surface area contributed by atoms with Gasteiger partial charge in [-0.1, -0.05) is 29.8 Å². The van der Waals surface area contributed by atoms with Crippen LogP contribution in [0.1, 0.15) is 11.4 Å². The molecule has 8 heteroatoms. The first-order chi connectivity index (χ1) is 15.5. The van der Waals surface area contributed by atoms with Crippen molar-refractivity contribution in [2.75, 3.05) is 32.9 Å². The summed E-state index contributed by atoms with van der Waals surface area (Å²) in [5.74, 6) is 2.29. The number of aliphatic hydroxyl groups is 1. The van der Waals surface area contributed by atoms with E-state index < -0.39 is 5.60 Å². The average molecular weight is 458 g/mol. The standard InChI is InChI=1S/C24H28ClN3O4/c1-27-10-9-26-23(27)15-31-21-7-5-19(6-8-21)14-28-11-12-30-17-24(29,16-28)18-32-22-4-2-3-20(25)13-22/h2-10,13,29H,11-12,14-18H2,1H3/t24-/m1/s1. The molecule has 7 nitrogen and oxygen atoms in total. The largest absolute Gasteiger partial charge is 0.490 e. The molecule has 2 heterocycles. The van der Waals surface area contributed by atoms with Gasteiger partial charge in [0, 0.05) is 44.1 Å². The number of aromatic nitrogens is 2. The molecular weight excluding hydrogens is 430 g/mol. The molecule has 0 amide bonds. The van der Waals surface area contributed by atoms with E-state index in [-0.39, 0.29) is 13.2 Å². The minimum absolute atomic E-state index is 0.129. The molecule has 1 aliphatic rings. The summed E-state index contributed by atoms with van der Waals surface area (Å²) in [5.41, 5.74) is 0.0265. The van der Waals surface area contributed by atoms with Crippen LogP contribution in [-0.2, 0) is 24.9 Å². The van der Waals surface area contributed by atoms with Gasteiger partial charge in [-0.15, -0.1) is 0 Å². The van der Waals surface area contributed by atoms with Crippen LogP contribution in [0.5, 0.6) is 11.5 Å². The van der Waals surface area contributed by atoms with E-state index in [1.165, 1.54) is 0 Å². The van der Waals surface area contributed by atoms with Crippen LogP contribution in [-0.4, -0.2) is 58.1 Å². The fourth-order valence-corrected chi connectivity index (χ4v) is 3.81. The SMILES string of the molecule is Cn1ccnc1COc1ccc(CN2CCOC[C@@](O)(COc3cccc(Cl)c3)C2)cc1. The predicted molar refractivity (Wildman–Crippen MR) is 122 cm³/mol. The summed E-state index contributed by atoms with van der Waals surface area (Å²) in [6.07, 6.45) is 3.65. The van der Waals surface area contributed by atoms with Crippen molar-refractivity contribution in [2.24, 2.45) is 7.05 Å². The summed E-state index contributed by atoms with van der Waals surface area (Å²) in [4.78, 5) is 6.44. The Morgan fingerprint density at radius 3 is 2.75 bits per heavy atom. The summed E-state index contributed by atoms with van der Waals surface area (Å²) in [5, 5.41) is 11.7. The van der Waals surface area contributed by atoms with E-state index >= 15 is 0 Å². The highest BCUT2D eigenvalue weighted by Crippen LogP contribution is 2.21. The van der Waals surface area contributed by atoms with Crippen molar-refractivity contribution in [3.05, 3.63) is 77.3 Å². The Hall–Kier alpha value is -2.58. The number of hydrogen-bond donors (Lipinski definition) is 1. The molecule has 1 aromatic heterocycles. The van der Waals surface area contributed by atoms with Gasteiger partial charge in [0.25, 0.3) is 0 Å². The predicted octanol–water partition coefficient (Wildman–Crippen LogP) is 3.29. The lowest BCUT2D eigenvalue weighted by Gasteiger charge is -2.30. The van der Waals surface area contributed by atoms with Crippen LogP contribution >= 0.6 is 11.6 Å². The van der Waals surface area contributed by atoms with Crippen LogP contribution in [0, 0.1) is 0 Å². The van der Waals surface area contributed by atoms with Crippen molar-refractivity contribution in [1.29, 1.82) is 0 Å². The van der Waals surface area contributed by atoms with Gasteiger partial charge in [0.15, 0.2) is 0 Å². The summed E-state index contributed by atoms with van der Waals surface area (Å²) in [7, 11) is 1.95. The number of halogens is 1. The number of rotatable bonds is 8. The molecule has 0 unspecified atom stereocenters. The number of benzene rings is 2. The molecule has 0 spiro atoms. The van der Waals surface area contributed by atoms with Gasteiger partial charge in [-0.05, 0) is 35.9 Å².